The molecule has 2 unspecified atom stereocenters. The number of likely N-dealkylation sites (N-methyl/N-ethyl adjacent to an activating group) is 1. The Morgan fingerprint density at radius 2 is 1.75 bits per heavy atom. The summed E-state index contributed by atoms with van der Waals surface area (Å²) >= 11 is 0. The van der Waals surface area contributed by atoms with Crippen LogP contribution in [0.3, 0.4) is 0 Å². The molecule has 28 heavy (non-hydrogen) atoms. The predicted molar refractivity (Wildman–Crippen MR) is 113 cm³/mol. The van der Waals surface area contributed by atoms with Gasteiger partial charge >= 0.3 is 0 Å². The monoisotopic (exact) mass is 386 g/mol. The molecule has 1 aromatic carbocycles. The van der Waals surface area contributed by atoms with Gasteiger partial charge in [-0.05, 0) is 57.6 Å². The van der Waals surface area contributed by atoms with Crippen molar-refractivity contribution in [1.82, 2.24) is 5.32 Å². The zero-order valence-electron chi connectivity index (χ0n) is 17.7. The number of hydrogen-bond donors (Lipinski definition) is 2. The zero-order chi connectivity index (χ0) is 20.1. The van der Waals surface area contributed by atoms with Crippen LogP contribution in [0.5, 0.6) is 0 Å². The highest BCUT2D eigenvalue weighted by Crippen LogP contribution is 2.26. The Bertz CT molecular complexity index is 692. The van der Waals surface area contributed by atoms with Crippen LogP contribution in [0.2, 0.25) is 0 Å². The number of likely N-dealkylation sites (tertiary alicyclic amines) is 1. The summed E-state index contributed by atoms with van der Waals surface area (Å²) in [5, 5.41) is 6.40. The van der Waals surface area contributed by atoms with Crippen LogP contribution in [0.4, 0.5) is 5.69 Å². The number of aryl methyl sites for hydroxylation is 2. The molecular weight excluding hydrogens is 350 g/mol. The van der Waals surface area contributed by atoms with Crippen molar-refractivity contribution < 1.29 is 14.1 Å². The van der Waals surface area contributed by atoms with E-state index in [1.54, 1.807) is 0 Å². The van der Waals surface area contributed by atoms with E-state index < -0.39 is 0 Å². The van der Waals surface area contributed by atoms with Gasteiger partial charge in [-0.3, -0.25) is 9.59 Å². The summed E-state index contributed by atoms with van der Waals surface area (Å²) in [5.74, 6) is 0.288. The minimum absolute atomic E-state index is 0.0299. The fourth-order valence-corrected chi connectivity index (χ4v) is 4.96. The third-order valence-corrected chi connectivity index (χ3v) is 6.76. The van der Waals surface area contributed by atoms with Crippen LogP contribution >= 0.6 is 0 Å². The highest BCUT2D eigenvalue weighted by atomic mass is 16.2. The molecule has 2 amide bonds. The largest absolute Gasteiger partial charge is 0.353 e. The van der Waals surface area contributed by atoms with Gasteiger partial charge < -0.3 is 15.1 Å². The normalized spacial score (nSPS) is 25.5. The number of rotatable bonds is 6. The number of anilines is 1. The van der Waals surface area contributed by atoms with Gasteiger partial charge in [0.15, 0.2) is 6.54 Å². The molecule has 1 saturated carbocycles. The Morgan fingerprint density at radius 3 is 2.39 bits per heavy atom. The molecule has 1 aromatic rings. The summed E-state index contributed by atoms with van der Waals surface area (Å²) in [5.41, 5.74) is 3.10. The van der Waals surface area contributed by atoms with Gasteiger partial charge in [0.05, 0.1) is 25.6 Å². The Morgan fingerprint density at radius 1 is 1.07 bits per heavy atom. The van der Waals surface area contributed by atoms with Crippen molar-refractivity contribution >= 4 is 17.5 Å². The van der Waals surface area contributed by atoms with Gasteiger partial charge in [-0.25, -0.2) is 0 Å². The number of benzene rings is 1. The summed E-state index contributed by atoms with van der Waals surface area (Å²) in [4.78, 5) is 25.7. The smallest absolute Gasteiger partial charge is 0.279 e. The van der Waals surface area contributed by atoms with Gasteiger partial charge in [-0.2, -0.15) is 0 Å². The topological polar surface area (TPSA) is 58.2 Å². The van der Waals surface area contributed by atoms with E-state index in [-0.39, 0.29) is 17.7 Å². The van der Waals surface area contributed by atoms with Crippen LogP contribution in [-0.2, 0) is 9.59 Å². The third kappa shape index (κ3) is 4.93. The van der Waals surface area contributed by atoms with E-state index in [1.807, 2.05) is 32.0 Å². The van der Waals surface area contributed by atoms with Crippen LogP contribution in [0, 0.1) is 19.8 Å². The summed E-state index contributed by atoms with van der Waals surface area (Å²) in [7, 11) is 0. The third-order valence-electron chi connectivity index (χ3n) is 6.76. The molecule has 0 radical (unpaired) electrons. The number of nitrogens with one attached hydrogen (secondary N) is 2. The molecule has 1 aliphatic heterocycles. The molecule has 0 spiro atoms. The molecule has 3 rings (SSSR count). The lowest BCUT2D eigenvalue weighted by atomic mass is 9.94. The molecular formula is C23H36N3O2+. The minimum atomic E-state index is 0.0299. The summed E-state index contributed by atoms with van der Waals surface area (Å²) < 4.78 is 0.708. The first-order valence-corrected chi connectivity index (χ1v) is 10.9. The Hall–Kier alpha value is -1.88. The van der Waals surface area contributed by atoms with Crippen molar-refractivity contribution in [2.24, 2.45) is 5.92 Å². The van der Waals surface area contributed by atoms with Crippen LogP contribution in [0.1, 0.15) is 56.6 Å². The van der Waals surface area contributed by atoms with Crippen molar-refractivity contribution in [3.63, 3.8) is 0 Å². The second kappa shape index (κ2) is 9.08. The van der Waals surface area contributed by atoms with Crippen molar-refractivity contribution in [3.8, 4) is 0 Å². The standard InChI is InChI=1S/C23H35N3O2/c1-4-26(16-21(27)25-22-17(2)9-7-10-18(22)3)14-8-11-19(15-26)23(28)24-20-12-5-6-13-20/h7,9-10,19-20H,4-6,8,11-16H2,1-3H3,(H-,24,25,27,28)/p+1. The second-order valence-electron chi connectivity index (χ2n) is 8.87. The maximum Gasteiger partial charge on any atom is 0.279 e. The number of amides is 2. The SMILES string of the molecule is CC[N+]1(CC(=O)Nc2c(C)cccc2C)CCCC(C(=O)NC2CCCC2)C1. The first-order chi connectivity index (χ1) is 13.4. The number of nitrogens with zero attached hydrogens (tertiary/aromatic N) is 1. The van der Waals surface area contributed by atoms with E-state index in [1.165, 1.54) is 12.8 Å². The molecule has 1 aliphatic carbocycles. The number of carbonyl (C=O) groups is 2. The van der Waals surface area contributed by atoms with Gasteiger partial charge in [-0.15, -0.1) is 0 Å². The van der Waals surface area contributed by atoms with Crippen molar-refractivity contribution in [2.45, 2.75) is 65.3 Å². The molecule has 1 saturated heterocycles. The first-order valence-electron chi connectivity index (χ1n) is 10.9. The van der Waals surface area contributed by atoms with Crippen LogP contribution in [-0.4, -0.2) is 48.5 Å². The van der Waals surface area contributed by atoms with Crippen molar-refractivity contribution in [1.29, 1.82) is 0 Å². The van der Waals surface area contributed by atoms with E-state index in [9.17, 15) is 9.59 Å². The first kappa shape index (κ1) is 20.8. The predicted octanol–water partition coefficient (Wildman–Crippen LogP) is 3.55. The average Bonchev–Trinajstić information content (AvgIpc) is 3.18. The zero-order valence-corrected chi connectivity index (χ0v) is 17.7. The van der Waals surface area contributed by atoms with Gasteiger partial charge in [0.25, 0.3) is 5.91 Å². The molecule has 154 valence electrons. The molecule has 0 aromatic heterocycles. The van der Waals surface area contributed by atoms with E-state index in [0.717, 1.165) is 62.1 Å². The lowest BCUT2D eigenvalue weighted by Crippen LogP contribution is -2.59. The minimum Gasteiger partial charge on any atom is -0.353 e. The summed E-state index contributed by atoms with van der Waals surface area (Å²) in [6.45, 7) is 9.27. The fourth-order valence-electron chi connectivity index (χ4n) is 4.96. The van der Waals surface area contributed by atoms with Gasteiger partial charge in [0.1, 0.15) is 0 Å². The number of carbonyl (C=O) groups excluding carboxylic acids is 2. The summed E-state index contributed by atoms with van der Waals surface area (Å²) in [6, 6.07) is 6.43. The number of para-hydroxylation sites is 1. The van der Waals surface area contributed by atoms with Gasteiger partial charge in [0.2, 0.25) is 5.91 Å². The van der Waals surface area contributed by atoms with Gasteiger partial charge in [-0.1, -0.05) is 31.0 Å². The molecule has 5 nitrogen and oxygen atoms in total. The Labute approximate surface area is 169 Å². The van der Waals surface area contributed by atoms with Crippen LogP contribution < -0.4 is 10.6 Å². The summed E-state index contributed by atoms with van der Waals surface area (Å²) in [6.07, 6.45) is 6.63. The average molecular weight is 387 g/mol. The molecule has 2 fully saturated rings. The molecule has 2 atom stereocenters. The fraction of sp³-hybridized carbons (Fsp3) is 0.652. The quantitative estimate of drug-likeness (QED) is 0.735. The second-order valence-corrected chi connectivity index (χ2v) is 8.87. The van der Waals surface area contributed by atoms with Gasteiger partial charge in [0, 0.05) is 11.7 Å². The highest BCUT2D eigenvalue weighted by molar-refractivity contribution is 5.93. The molecule has 2 N–H and O–H groups in total. The maximum absolute atomic E-state index is 12.9. The Balaban J connectivity index is 1.63. The molecule has 2 aliphatic rings. The number of hydrogen-bond acceptors (Lipinski definition) is 2. The highest BCUT2D eigenvalue weighted by Gasteiger charge is 2.39. The number of piperidine rings is 1. The lowest BCUT2D eigenvalue weighted by molar-refractivity contribution is -0.925. The van der Waals surface area contributed by atoms with Crippen LogP contribution in [0.25, 0.3) is 0 Å². The lowest BCUT2D eigenvalue weighted by Gasteiger charge is -2.43. The maximum atomic E-state index is 12.9. The van der Waals surface area contributed by atoms with Crippen LogP contribution in [0.15, 0.2) is 18.2 Å². The van der Waals surface area contributed by atoms with E-state index in [0.29, 0.717) is 17.1 Å². The molecule has 0 bridgehead atoms. The van der Waals surface area contributed by atoms with Crippen molar-refractivity contribution in [3.05, 3.63) is 29.3 Å². The number of quaternary nitrogens is 1. The van der Waals surface area contributed by atoms with E-state index >= 15 is 0 Å². The van der Waals surface area contributed by atoms with E-state index in [2.05, 4.69) is 17.6 Å². The van der Waals surface area contributed by atoms with Crippen molar-refractivity contribution in [2.75, 3.05) is 31.5 Å². The molecule has 1 heterocycles. The Kier molecular flexibility index (Phi) is 6.76. The van der Waals surface area contributed by atoms with E-state index in [4.69, 9.17) is 0 Å². The molecule has 5 heteroatoms.